The van der Waals surface area contributed by atoms with Gasteiger partial charge in [0.25, 0.3) is 5.91 Å². The van der Waals surface area contributed by atoms with Crippen molar-refractivity contribution in [1.29, 1.82) is 0 Å². The Kier molecular flexibility index (Phi) is 5.06. The second-order valence-electron chi connectivity index (χ2n) is 6.41. The van der Waals surface area contributed by atoms with Crippen molar-refractivity contribution in [3.05, 3.63) is 94.6 Å². The minimum atomic E-state index is -0.375. The molecule has 0 saturated heterocycles. The van der Waals surface area contributed by atoms with Crippen molar-refractivity contribution in [2.75, 3.05) is 12.4 Å². The maximum Gasteiger partial charge on any atom is 0.259 e. The summed E-state index contributed by atoms with van der Waals surface area (Å²) in [5.41, 5.74) is 2.24. The molecule has 1 amide bonds. The van der Waals surface area contributed by atoms with Crippen molar-refractivity contribution < 1.29 is 14.3 Å². The SMILES string of the molecule is COc1ccccc1C(=O)Nc1c(C(=O)c2ccccc2)[nH]c2cc(Cl)ccc12. The zero-order chi connectivity index (χ0) is 20.4. The first-order chi connectivity index (χ1) is 14.1. The number of hydrogen-bond acceptors (Lipinski definition) is 3. The lowest BCUT2D eigenvalue weighted by Gasteiger charge is -2.10. The monoisotopic (exact) mass is 404 g/mol. The van der Waals surface area contributed by atoms with Gasteiger partial charge in [0, 0.05) is 21.5 Å². The maximum atomic E-state index is 13.1. The van der Waals surface area contributed by atoms with Gasteiger partial charge in [-0.2, -0.15) is 0 Å². The maximum absolute atomic E-state index is 13.1. The van der Waals surface area contributed by atoms with Gasteiger partial charge in [-0.05, 0) is 30.3 Å². The third kappa shape index (κ3) is 3.60. The number of nitrogens with one attached hydrogen (secondary N) is 2. The van der Waals surface area contributed by atoms with Crippen LogP contribution in [0.1, 0.15) is 26.4 Å². The van der Waals surface area contributed by atoms with Crippen LogP contribution >= 0.6 is 11.6 Å². The van der Waals surface area contributed by atoms with E-state index in [1.165, 1.54) is 7.11 Å². The third-order valence-electron chi connectivity index (χ3n) is 4.61. The van der Waals surface area contributed by atoms with Gasteiger partial charge in [-0.15, -0.1) is 0 Å². The Morgan fingerprint density at radius 3 is 2.45 bits per heavy atom. The minimum Gasteiger partial charge on any atom is -0.496 e. The summed E-state index contributed by atoms with van der Waals surface area (Å²) in [6.07, 6.45) is 0. The van der Waals surface area contributed by atoms with Crippen molar-refractivity contribution in [3.8, 4) is 5.75 Å². The van der Waals surface area contributed by atoms with Crippen molar-refractivity contribution in [1.82, 2.24) is 4.98 Å². The molecular weight excluding hydrogens is 388 g/mol. The largest absolute Gasteiger partial charge is 0.496 e. The Balaban J connectivity index is 1.82. The lowest BCUT2D eigenvalue weighted by Crippen LogP contribution is -2.15. The van der Waals surface area contributed by atoms with Crippen LogP contribution in [0.5, 0.6) is 5.75 Å². The number of halogens is 1. The van der Waals surface area contributed by atoms with E-state index in [9.17, 15) is 9.59 Å². The number of methoxy groups -OCH3 is 1. The van der Waals surface area contributed by atoms with E-state index < -0.39 is 0 Å². The van der Waals surface area contributed by atoms with E-state index in [0.717, 1.165) is 0 Å². The number of benzene rings is 3. The summed E-state index contributed by atoms with van der Waals surface area (Å²) in [6.45, 7) is 0. The fourth-order valence-corrected chi connectivity index (χ4v) is 3.39. The number of ketones is 1. The van der Waals surface area contributed by atoms with E-state index in [0.29, 0.717) is 38.5 Å². The molecule has 1 heterocycles. The number of anilines is 1. The molecule has 1 aromatic heterocycles. The average molecular weight is 405 g/mol. The van der Waals surface area contributed by atoms with Crippen LogP contribution in [-0.4, -0.2) is 23.8 Å². The molecule has 0 aliphatic rings. The van der Waals surface area contributed by atoms with E-state index in [-0.39, 0.29) is 17.4 Å². The third-order valence-corrected chi connectivity index (χ3v) is 4.85. The Labute approximate surface area is 172 Å². The highest BCUT2D eigenvalue weighted by Crippen LogP contribution is 2.32. The van der Waals surface area contributed by atoms with Crippen LogP contribution in [0.25, 0.3) is 10.9 Å². The number of fused-ring (bicyclic) bond motifs is 1. The predicted octanol–water partition coefficient (Wildman–Crippen LogP) is 5.31. The number of aromatic amines is 1. The first-order valence-electron chi connectivity index (χ1n) is 8.94. The van der Waals surface area contributed by atoms with Crippen LogP contribution < -0.4 is 10.1 Å². The summed E-state index contributed by atoms with van der Waals surface area (Å²) in [5.74, 6) is -0.155. The molecule has 0 bridgehead atoms. The smallest absolute Gasteiger partial charge is 0.259 e. The van der Waals surface area contributed by atoms with Gasteiger partial charge in [0.15, 0.2) is 0 Å². The summed E-state index contributed by atoms with van der Waals surface area (Å²) in [6, 6.07) is 21.0. The normalized spacial score (nSPS) is 10.7. The highest BCUT2D eigenvalue weighted by Gasteiger charge is 2.22. The van der Waals surface area contributed by atoms with E-state index in [1.807, 2.05) is 6.07 Å². The molecule has 0 saturated carbocycles. The van der Waals surface area contributed by atoms with Gasteiger partial charge in [0.1, 0.15) is 11.4 Å². The average Bonchev–Trinajstić information content (AvgIpc) is 3.10. The highest BCUT2D eigenvalue weighted by atomic mass is 35.5. The fraction of sp³-hybridized carbons (Fsp3) is 0.0435. The molecule has 0 atom stereocenters. The van der Waals surface area contributed by atoms with Crippen LogP contribution in [0.2, 0.25) is 5.02 Å². The number of hydrogen-bond donors (Lipinski definition) is 2. The Morgan fingerprint density at radius 2 is 1.69 bits per heavy atom. The Morgan fingerprint density at radius 1 is 0.966 bits per heavy atom. The standard InChI is InChI=1S/C23H17ClN2O3/c1-29-19-10-6-5-9-17(19)23(28)26-20-16-12-11-15(24)13-18(16)25-21(20)22(27)14-7-3-2-4-8-14/h2-13,25H,1H3,(H,26,28). The number of aromatic nitrogens is 1. The van der Waals surface area contributed by atoms with Gasteiger partial charge in [-0.1, -0.05) is 54.1 Å². The fourth-order valence-electron chi connectivity index (χ4n) is 3.22. The molecule has 144 valence electrons. The lowest BCUT2D eigenvalue weighted by molar-refractivity contribution is 0.102. The van der Waals surface area contributed by atoms with E-state index in [1.54, 1.807) is 66.7 Å². The van der Waals surface area contributed by atoms with Gasteiger partial charge >= 0.3 is 0 Å². The molecule has 4 rings (SSSR count). The first-order valence-corrected chi connectivity index (χ1v) is 9.31. The summed E-state index contributed by atoms with van der Waals surface area (Å²) < 4.78 is 5.28. The molecule has 0 aliphatic carbocycles. The van der Waals surface area contributed by atoms with Crippen LogP contribution in [0, 0.1) is 0 Å². The molecule has 0 aliphatic heterocycles. The number of H-pyrrole nitrogens is 1. The second-order valence-corrected chi connectivity index (χ2v) is 6.85. The summed E-state index contributed by atoms with van der Waals surface area (Å²) in [4.78, 5) is 29.2. The number of rotatable bonds is 5. The van der Waals surface area contributed by atoms with Crippen molar-refractivity contribution >= 4 is 39.9 Å². The van der Waals surface area contributed by atoms with Crippen LogP contribution in [0.15, 0.2) is 72.8 Å². The molecule has 2 N–H and O–H groups in total. The van der Waals surface area contributed by atoms with Crippen LogP contribution in [-0.2, 0) is 0 Å². The molecule has 3 aromatic carbocycles. The van der Waals surface area contributed by atoms with Crippen molar-refractivity contribution in [3.63, 3.8) is 0 Å². The Bertz CT molecular complexity index is 1220. The molecule has 5 nitrogen and oxygen atoms in total. The number of carbonyl (C=O) groups is 2. The molecule has 4 aromatic rings. The molecule has 6 heteroatoms. The van der Waals surface area contributed by atoms with Crippen LogP contribution in [0.4, 0.5) is 5.69 Å². The van der Waals surface area contributed by atoms with Crippen molar-refractivity contribution in [2.24, 2.45) is 0 Å². The van der Waals surface area contributed by atoms with E-state index in [4.69, 9.17) is 16.3 Å². The zero-order valence-electron chi connectivity index (χ0n) is 15.5. The Hall–Kier alpha value is -3.57. The first kappa shape index (κ1) is 18.8. The molecule has 0 spiro atoms. The highest BCUT2D eigenvalue weighted by molar-refractivity contribution is 6.31. The quantitative estimate of drug-likeness (QED) is 0.442. The second kappa shape index (κ2) is 7.81. The van der Waals surface area contributed by atoms with Gasteiger partial charge in [0.2, 0.25) is 5.78 Å². The van der Waals surface area contributed by atoms with Gasteiger partial charge in [-0.25, -0.2) is 0 Å². The van der Waals surface area contributed by atoms with Crippen molar-refractivity contribution in [2.45, 2.75) is 0 Å². The van der Waals surface area contributed by atoms with E-state index in [2.05, 4.69) is 10.3 Å². The zero-order valence-corrected chi connectivity index (χ0v) is 16.3. The number of para-hydroxylation sites is 1. The molecule has 0 fully saturated rings. The summed E-state index contributed by atoms with van der Waals surface area (Å²) >= 11 is 6.11. The van der Waals surface area contributed by atoms with Gasteiger partial charge in [0.05, 0.1) is 18.4 Å². The van der Waals surface area contributed by atoms with E-state index >= 15 is 0 Å². The molecule has 0 radical (unpaired) electrons. The number of carbonyl (C=O) groups excluding carboxylic acids is 2. The minimum absolute atomic E-state index is 0.228. The van der Waals surface area contributed by atoms with Gasteiger partial charge < -0.3 is 15.0 Å². The summed E-state index contributed by atoms with van der Waals surface area (Å²) in [5, 5.41) is 4.10. The molecule has 29 heavy (non-hydrogen) atoms. The lowest BCUT2D eigenvalue weighted by atomic mass is 10.1. The number of amides is 1. The molecular formula is C23H17ClN2O3. The van der Waals surface area contributed by atoms with Gasteiger partial charge in [-0.3, -0.25) is 9.59 Å². The molecule has 0 unspecified atom stereocenters. The van der Waals surface area contributed by atoms with Crippen LogP contribution in [0.3, 0.4) is 0 Å². The number of ether oxygens (including phenoxy) is 1. The topological polar surface area (TPSA) is 71.2 Å². The summed E-state index contributed by atoms with van der Waals surface area (Å²) in [7, 11) is 1.50. The predicted molar refractivity (Wildman–Crippen MR) is 114 cm³/mol.